The second-order valence-corrected chi connectivity index (χ2v) is 5.37. The summed E-state index contributed by atoms with van der Waals surface area (Å²) in [6.07, 6.45) is 1.64. The minimum atomic E-state index is -0.302. The molecule has 0 N–H and O–H groups in total. The molecule has 4 nitrogen and oxygen atoms in total. The van der Waals surface area contributed by atoms with Crippen molar-refractivity contribution in [2.75, 3.05) is 6.54 Å². The molecule has 0 radical (unpaired) electrons. The van der Waals surface area contributed by atoms with E-state index >= 15 is 0 Å². The Labute approximate surface area is 129 Å². The van der Waals surface area contributed by atoms with Crippen LogP contribution in [-0.4, -0.2) is 22.5 Å². The summed E-state index contributed by atoms with van der Waals surface area (Å²) in [5.41, 5.74) is 1.11. The van der Waals surface area contributed by atoms with E-state index in [-0.39, 0.29) is 23.3 Å². The topological polar surface area (TPSA) is 46.3 Å². The molecule has 0 atom stereocenters. The predicted octanol–water partition coefficient (Wildman–Crippen LogP) is 3.77. The fourth-order valence-electron chi connectivity index (χ4n) is 2.01. The molecule has 0 aliphatic carbocycles. The lowest BCUT2D eigenvalue weighted by Crippen LogP contribution is -2.30. The third-order valence-electron chi connectivity index (χ3n) is 3.24. The van der Waals surface area contributed by atoms with Gasteiger partial charge in [-0.1, -0.05) is 37.2 Å². The summed E-state index contributed by atoms with van der Waals surface area (Å²) < 4.78 is 18.1. The summed E-state index contributed by atoms with van der Waals surface area (Å²) in [4.78, 5) is 14.1. The molecule has 0 aliphatic rings. The maximum atomic E-state index is 13.0. The first-order chi connectivity index (χ1) is 10.5. The van der Waals surface area contributed by atoms with E-state index in [0.717, 1.165) is 5.56 Å². The molecular formula is C17H19FN2O2. The molecule has 0 bridgehead atoms. The highest BCUT2D eigenvalue weighted by atomic mass is 19.1. The van der Waals surface area contributed by atoms with E-state index in [4.69, 9.17) is 4.52 Å². The van der Waals surface area contributed by atoms with Gasteiger partial charge in [-0.05, 0) is 17.7 Å². The highest BCUT2D eigenvalue weighted by molar-refractivity contribution is 5.92. The van der Waals surface area contributed by atoms with E-state index in [0.29, 0.717) is 18.8 Å². The molecule has 0 aliphatic heterocycles. The molecule has 1 aromatic heterocycles. The van der Waals surface area contributed by atoms with Gasteiger partial charge in [-0.15, -0.1) is 6.58 Å². The summed E-state index contributed by atoms with van der Waals surface area (Å²) in [6, 6.07) is 7.72. The molecule has 0 saturated carbocycles. The van der Waals surface area contributed by atoms with E-state index in [2.05, 4.69) is 11.7 Å². The van der Waals surface area contributed by atoms with Crippen molar-refractivity contribution in [3.05, 3.63) is 65.8 Å². The summed E-state index contributed by atoms with van der Waals surface area (Å²) in [7, 11) is 0. The largest absolute Gasteiger partial charge is 0.360 e. The van der Waals surface area contributed by atoms with E-state index in [9.17, 15) is 9.18 Å². The van der Waals surface area contributed by atoms with Crippen LogP contribution < -0.4 is 0 Å². The van der Waals surface area contributed by atoms with Crippen LogP contribution in [0.1, 0.15) is 41.6 Å². The number of carbonyl (C=O) groups excluding carboxylic acids is 1. The van der Waals surface area contributed by atoms with Crippen molar-refractivity contribution >= 4 is 5.91 Å². The maximum absolute atomic E-state index is 13.0. The number of amides is 1. The molecule has 1 heterocycles. The average Bonchev–Trinajstić information content (AvgIpc) is 2.98. The van der Waals surface area contributed by atoms with Crippen LogP contribution in [0.4, 0.5) is 4.39 Å². The SMILES string of the molecule is C=CCN(Cc1ccc(F)cc1)C(=O)c1cc(C(C)C)on1. The van der Waals surface area contributed by atoms with Crippen molar-refractivity contribution < 1.29 is 13.7 Å². The number of halogens is 1. The van der Waals surface area contributed by atoms with Gasteiger partial charge in [0.2, 0.25) is 0 Å². The van der Waals surface area contributed by atoms with Crippen LogP contribution in [-0.2, 0) is 6.54 Å². The van der Waals surface area contributed by atoms with Gasteiger partial charge in [0.1, 0.15) is 11.6 Å². The lowest BCUT2D eigenvalue weighted by atomic mass is 10.1. The maximum Gasteiger partial charge on any atom is 0.276 e. The number of carbonyl (C=O) groups is 1. The van der Waals surface area contributed by atoms with E-state index in [1.165, 1.54) is 12.1 Å². The van der Waals surface area contributed by atoms with Gasteiger partial charge in [-0.25, -0.2) is 4.39 Å². The molecule has 22 heavy (non-hydrogen) atoms. The quantitative estimate of drug-likeness (QED) is 0.763. The number of nitrogens with zero attached hydrogens (tertiary/aromatic N) is 2. The molecule has 5 heteroatoms. The van der Waals surface area contributed by atoms with Gasteiger partial charge in [-0.2, -0.15) is 0 Å². The Morgan fingerprint density at radius 3 is 2.64 bits per heavy atom. The number of benzene rings is 1. The van der Waals surface area contributed by atoms with Crippen LogP contribution in [0.3, 0.4) is 0 Å². The highest BCUT2D eigenvalue weighted by Gasteiger charge is 2.20. The van der Waals surface area contributed by atoms with Crippen LogP contribution in [0.5, 0.6) is 0 Å². The lowest BCUT2D eigenvalue weighted by Gasteiger charge is -2.20. The van der Waals surface area contributed by atoms with E-state index in [1.807, 2.05) is 13.8 Å². The Morgan fingerprint density at radius 1 is 1.41 bits per heavy atom. The van der Waals surface area contributed by atoms with E-state index < -0.39 is 0 Å². The smallest absolute Gasteiger partial charge is 0.276 e. The first kappa shape index (κ1) is 15.9. The highest BCUT2D eigenvalue weighted by Crippen LogP contribution is 2.17. The zero-order chi connectivity index (χ0) is 16.1. The monoisotopic (exact) mass is 302 g/mol. The summed E-state index contributed by atoms with van der Waals surface area (Å²) in [6.45, 7) is 8.33. The zero-order valence-corrected chi connectivity index (χ0v) is 12.8. The van der Waals surface area contributed by atoms with Crippen molar-refractivity contribution in [2.45, 2.75) is 26.3 Å². The number of hydrogen-bond acceptors (Lipinski definition) is 3. The fraction of sp³-hybridized carbons (Fsp3) is 0.294. The number of rotatable bonds is 6. The molecule has 116 valence electrons. The van der Waals surface area contributed by atoms with Crippen LogP contribution >= 0.6 is 0 Å². The molecule has 2 rings (SSSR count). The van der Waals surface area contributed by atoms with Gasteiger partial charge in [0, 0.05) is 25.1 Å². The van der Waals surface area contributed by atoms with Gasteiger partial charge < -0.3 is 9.42 Å². The molecular weight excluding hydrogens is 283 g/mol. The van der Waals surface area contributed by atoms with Gasteiger partial charge in [0.05, 0.1) is 0 Å². The van der Waals surface area contributed by atoms with Crippen LogP contribution in [0, 0.1) is 5.82 Å². The third-order valence-corrected chi connectivity index (χ3v) is 3.24. The van der Waals surface area contributed by atoms with Gasteiger partial charge in [0.15, 0.2) is 5.69 Å². The average molecular weight is 302 g/mol. The zero-order valence-electron chi connectivity index (χ0n) is 12.8. The standard InChI is InChI=1S/C17H19FN2O2/c1-4-9-20(11-13-5-7-14(18)8-6-13)17(21)15-10-16(12(2)3)22-19-15/h4-8,10,12H,1,9,11H2,2-3H3. The molecule has 2 aromatic rings. The van der Waals surface area contributed by atoms with Gasteiger partial charge in [-0.3, -0.25) is 4.79 Å². The summed E-state index contributed by atoms with van der Waals surface area (Å²) in [5.74, 6) is 0.297. The van der Waals surface area contributed by atoms with Crippen LogP contribution in [0.15, 0.2) is 47.5 Å². The Bertz CT molecular complexity index is 647. The van der Waals surface area contributed by atoms with Crippen molar-refractivity contribution in [3.8, 4) is 0 Å². The molecule has 0 fully saturated rings. The summed E-state index contributed by atoms with van der Waals surface area (Å²) >= 11 is 0. The van der Waals surface area contributed by atoms with Crippen molar-refractivity contribution in [1.29, 1.82) is 0 Å². The summed E-state index contributed by atoms with van der Waals surface area (Å²) in [5, 5.41) is 3.84. The van der Waals surface area contributed by atoms with Crippen molar-refractivity contribution in [1.82, 2.24) is 10.1 Å². The fourth-order valence-corrected chi connectivity index (χ4v) is 2.01. The molecule has 0 saturated heterocycles. The Morgan fingerprint density at radius 2 is 2.09 bits per heavy atom. The van der Waals surface area contributed by atoms with Crippen molar-refractivity contribution in [2.24, 2.45) is 0 Å². The normalized spacial score (nSPS) is 10.7. The minimum Gasteiger partial charge on any atom is -0.360 e. The Kier molecular flexibility index (Phi) is 5.09. The van der Waals surface area contributed by atoms with Crippen LogP contribution in [0.25, 0.3) is 0 Å². The molecule has 1 amide bonds. The van der Waals surface area contributed by atoms with Gasteiger partial charge in [0.25, 0.3) is 5.91 Å². The van der Waals surface area contributed by atoms with Crippen molar-refractivity contribution in [3.63, 3.8) is 0 Å². The van der Waals surface area contributed by atoms with E-state index in [1.54, 1.807) is 29.2 Å². The minimum absolute atomic E-state index is 0.166. The lowest BCUT2D eigenvalue weighted by molar-refractivity contribution is 0.0752. The first-order valence-corrected chi connectivity index (χ1v) is 7.12. The predicted molar refractivity (Wildman–Crippen MR) is 81.9 cm³/mol. The second kappa shape index (κ2) is 7.02. The molecule has 0 spiro atoms. The number of hydrogen-bond donors (Lipinski definition) is 0. The first-order valence-electron chi connectivity index (χ1n) is 7.12. The Hall–Kier alpha value is -2.43. The number of aromatic nitrogens is 1. The van der Waals surface area contributed by atoms with Gasteiger partial charge >= 0.3 is 0 Å². The molecule has 1 aromatic carbocycles. The molecule has 0 unspecified atom stereocenters. The van der Waals surface area contributed by atoms with Crippen LogP contribution in [0.2, 0.25) is 0 Å². The third kappa shape index (κ3) is 3.81. The second-order valence-electron chi connectivity index (χ2n) is 5.37. The Balaban J connectivity index is 2.16.